The van der Waals surface area contributed by atoms with Gasteiger partial charge in [-0.25, -0.2) is 0 Å². The van der Waals surface area contributed by atoms with Crippen LogP contribution in [0, 0.1) is 0 Å². The van der Waals surface area contributed by atoms with Crippen molar-refractivity contribution in [2.24, 2.45) is 5.73 Å². The zero-order valence-corrected chi connectivity index (χ0v) is 9.83. The average molecular weight is 243 g/mol. The molecule has 1 rings (SSSR count). The van der Waals surface area contributed by atoms with Gasteiger partial charge in [-0.1, -0.05) is 11.6 Å². The highest BCUT2D eigenvalue weighted by Gasteiger charge is 2.05. The standard InChI is InChI=1S/C11H15ClN2O2/c1-8(13)11(15)14-6-7-16-10-4-2-9(12)3-5-10/h2-5,8H,6-7,13H2,1H3,(H,14,15)/t8-/m0/s1. The first-order valence-electron chi connectivity index (χ1n) is 5.01. The zero-order valence-electron chi connectivity index (χ0n) is 9.07. The minimum atomic E-state index is -0.490. The van der Waals surface area contributed by atoms with E-state index in [2.05, 4.69) is 5.32 Å². The predicted octanol–water partition coefficient (Wildman–Crippen LogP) is 1.18. The van der Waals surface area contributed by atoms with Crippen LogP contribution in [0.15, 0.2) is 24.3 Å². The van der Waals surface area contributed by atoms with Crippen LogP contribution in [0.4, 0.5) is 0 Å². The predicted molar refractivity (Wildman–Crippen MR) is 63.6 cm³/mol. The Kier molecular flexibility index (Phi) is 5.08. The maximum Gasteiger partial charge on any atom is 0.236 e. The Hall–Kier alpha value is -1.26. The molecule has 0 fully saturated rings. The molecule has 3 N–H and O–H groups in total. The smallest absolute Gasteiger partial charge is 0.236 e. The van der Waals surface area contributed by atoms with Crippen LogP contribution < -0.4 is 15.8 Å². The van der Waals surface area contributed by atoms with Crippen LogP contribution in [0.2, 0.25) is 5.02 Å². The molecule has 88 valence electrons. The molecule has 0 radical (unpaired) electrons. The molecule has 0 spiro atoms. The van der Waals surface area contributed by atoms with Gasteiger partial charge < -0.3 is 15.8 Å². The Labute approximate surface area is 99.7 Å². The molecular weight excluding hydrogens is 228 g/mol. The monoisotopic (exact) mass is 242 g/mol. The summed E-state index contributed by atoms with van der Waals surface area (Å²) in [5.74, 6) is 0.541. The second-order valence-corrected chi connectivity index (χ2v) is 3.82. The molecule has 4 nitrogen and oxygen atoms in total. The molecule has 0 aliphatic rings. The topological polar surface area (TPSA) is 64.4 Å². The molecule has 0 unspecified atom stereocenters. The normalized spacial score (nSPS) is 11.9. The number of rotatable bonds is 5. The van der Waals surface area contributed by atoms with Crippen molar-refractivity contribution in [2.75, 3.05) is 13.2 Å². The van der Waals surface area contributed by atoms with Crippen molar-refractivity contribution in [2.45, 2.75) is 13.0 Å². The zero-order chi connectivity index (χ0) is 12.0. The summed E-state index contributed by atoms with van der Waals surface area (Å²) < 4.78 is 5.38. The fourth-order valence-corrected chi connectivity index (χ4v) is 1.16. The fraction of sp³-hybridized carbons (Fsp3) is 0.364. The van der Waals surface area contributed by atoms with Crippen LogP contribution in [0.5, 0.6) is 5.75 Å². The van der Waals surface area contributed by atoms with Gasteiger partial charge in [-0.15, -0.1) is 0 Å². The number of nitrogens with one attached hydrogen (secondary N) is 1. The van der Waals surface area contributed by atoms with Gasteiger partial charge in [0.1, 0.15) is 12.4 Å². The summed E-state index contributed by atoms with van der Waals surface area (Å²) >= 11 is 5.72. The van der Waals surface area contributed by atoms with Crippen LogP contribution in [0.25, 0.3) is 0 Å². The van der Waals surface area contributed by atoms with Gasteiger partial charge in [0.15, 0.2) is 0 Å². The van der Waals surface area contributed by atoms with Crippen molar-refractivity contribution >= 4 is 17.5 Å². The van der Waals surface area contributed by atoms with E-state index in [4.69, 9.17) is 22.1 Å². The van der Waals surface area contributed by atoms with E-state index >= 15 is 0 Å². The lowest BCUT2D eigenvalue weighted by molar-refractivity contribution is -0.122. The lowest BCUT2D eigenvalue weighted by Gasteiger charge is -2.09. The molecular formula is C11H15ClN2O2. The third kappa shape index (κ3) is 4.51. The maximum absolute atomic E-state index is 11.1. The van der Waals surface area contributed by atoms with Crippen molar-refractivity contribution in [3.63, 3.8) is 0 Å². The van der Waals surface area contributed by atoms with Gasteiger partial charge in [0.05, 0.1) is 12.6 Å². The van der Waals surface area contributed by atoms with Crippen molar-refractivity contribution in [1.82, 2.24) is 5.32 Å². The van der Waals surface area contributed by atoms with Gasteiger partial charge in [0, 0.05) is 5.02 Å². The van der Waals surface area contributed by atoms with Crippen LogP contribution in [0.1, 0.15) is 6.92 Å². The van der Waals surface area contributed by atoms with Crippen LogP contribution in [-0.4, -0.2) is 25.1 Å². The molecule has 0 aliphatic carbocycles. The van der Waals surface area contributed by atoms with E-state index in [-0.39, 0.29) is 5.91 Å². The fourth-order valence-electron chi connectivity index (χ4n) is 1.03. The van der Waals surface area contributed by atoms with E-state index in [1.807, 2.05) is 0 Å². The number of amides is 1. The SMILES string of the molecule is C[C@H](N)C(=O)NCCOc1ccc(Cl)cc1. The lowest BCUT2D eigenvalue weighted by Crippen LogP contribution is -2.40. The minimum Gasteiger partial charge on any atom is -0.492 e. The second kappa shape index (κ2) is 6.35. The third-order valence-electron chi connectivity index (χ3n) is 1.90. The summed E-state index contributed by atoms with van der Waals surface area (Å²) in [5.41, 5.74) is 5.38. The number of hydrogen-bond acceptors (Lipinski definition) is 3. The van der Waals surface area contributed by atoms with E-state index in [1.54, 1.807) is 31.2 Å². The highest BCUT2D eigenvalue weighted by atomic mass is 35.5. The summed E-state index contributed by atoms with van der Waals surface area (Å²) in [4.78, 5) is 11.1. The molecule has 0 saturated carbocycles. The van der Waals surface area contributed by atoms with E-state index in [0.717, 1.165) is 5.75 Å². The van der Waals surface area contributed by atoms with E-state index in [0.29, 0.717) is 18.2 Å². The number of carbonyl (C=O) groups is 1. The number of ether oxygens (including phenoxy) is 1. The van der Waals surface area contributed by atoms with E-state index in [1.165, 1.54) is 0 Å². The number of benzene rings is 1. The molecule has 1 amide bonds. The average Bonchev–Trinajstić information content (AvgIpc) is 2.26. The highest BCUT2D eigenvalue weighted by Crippen LogP contribution is 2.14. The van der Waals surface area contributed by atoms with Crippen molar-refractivity contribution < 1.29 is 9.53 Å². The lowest BCUT2D eigenvalue weighted by atomic mass is 10.3. The van der Waals surface area contributed by atoms with Gasteiger partial charge in [-0.05, 0) is 31.2 Å². The van der Waals surface area contributed by atoms with Crippen molar-refractivity contribution in [3.8, 4) is 5.75 Å². The number of hydrogen-bond donors (Lipinski definition) is 2. The largest absolute Gasteiger partial charge is 0.492 e. The Balaban J connectivity index is 2.21. The van der Waals surface area contributed by atoms with Crippen LogP contribution in [-0.2, 0) is 4.79 Å². The van der Waals surface area contributed by atoms with Crippen molar-refractivity contribution in [1.29, 1.82) is 0 Å². The minimum absolute atomic E-state index is 0.181. The Bertz CT molecular complexity index is 338. The molecule has 1 aromatic rings. The maximum atomic E-state index is 11.1. The number of halogens is 1. The quantitative estimate of drug-likeness (QED) is 0.763. The first-order valence-corrected chi connectivity index (χ1v) is 5.39. The van der Waals surface area contributed by atoms with Crippen LogP contribution in [0.3, 0.4) is 0 Å². The molecule has 0 aliphatic heterocycles. The molecule has 0 saturated heterocycles. The second-order valence-electron chi connectivity index (χ2n) is 3.38. The first-order chi connectivity index (χ1) is 7.59. The van der Waals surface area contributed by atoms with E-state index < -0.39 is 6.04 Å². The summed E-state index contributed by atoms with van der Waals surface area (Å²) in [5, 5.41) is 3.31. The van der Waals surface area contributed by atoms with E-state index in [9.17, 15) is 4.79 Å². The van der Waals surface area contributed by atoms with Gasteiger partial charge >= 0.3 is 0 Å². The molecule has 5 heteroatoms. The summed E-state index contributed by atoms with van der Waals surface area (Å²) in [6.07, 6.45) is 0. The van der Waals surface area contributed by atoms with Gasteiger partial charge in [0.2, 0.25) is 5.91 Å². The number of nitrogens with two attached hydrogens (primary N) is 1. The molecule has 16 heavy (non-hydrogen) atoms. The highest BCUT2D eigenvalue weighted by molar-refractivity contribution is 6.30. The molecule has 1 aromatic carbocycles. The molecule has 1 atom stereocenters. The summed E-state index contributed by atoms with van der Waals surface area (Å²) in [6, 6.07) is 6.55. The van der Waals surface area contributed by atoms with Crippen molar-refractivity contribution in [3.05, 3.63) is 29.3 Å². The third-order valence-corrected chi connectivity index (χ3v) is 2.15. The van der Waals surface area contributed by atoms with Gasteiger partial charge in [-0.3, -0.25) is 4.79 Å². The van der Waals surface area contributed by atoms with Gasteiger partial charge in [0.25, 0.3) is 0 Å². The Morgan fingerprint density at radius 3 is 2.69 bits per heavy atom. The number of carbonyl (C=O) groups excluding carboxylic acids is 1. The van der Waals surface area contributed by atoms with Gasteiger partial charge in [-0.2, -0.15) is 0 Å². The molecule has 0 bridgehead atoms. The van der Waals surface area contributed by atoms with Crippen LogP contribution >= 0.6 is 11.6 Å². The Morgan fingerprint density at radius 2 is 2.12 bits per heavy atom. The summed E-state index contributed by atoms with van der Waals surface area (Å²) in [7, 11) is 0. The molecule has 0 aromatic heterocycles. The summed E-state index contributed by atoms with van der Waals surface area (Å²) in [6.45, 7) is 2.47. The Morgan fingerprint density at radius 1 is 1.50 bits per heavy atom. The first kappa shape index (κ1) is 12.8. The molecule has 0 heterocycles.